The number of aromatic nitrogens is 3. The van der Waals surface area contributed by atoms with Crippen molar-refractivity contribution in [3.05, 3.63) is 71.8 Å². The molecular weight excluding hydrogens is 426 g/mol. The third-order valence-corrected chi connectivity index (χ3v) is 6.10. The average Bonchev–Trinajstić information content (AvgIpc) is 3.70. The molecule has 2 aromatic heterocycles. The van der Waals surface area contributed by atoms with Gasteiger partial charge in [-0.3, -0.25) is 4.98 Å². The molecule has 0 bridgehead atoms. The average molecular weight is 456 g/mol. The lowest BCUT2D eigenvalue weighted by molar-refractivity contribution is 0.356. The number of hydrogen-bond donors (Lipinski definition) is 2. The molecule has 1 aliphatic rings. The van der Waals surface area contributed by atoms with E-state index in [-0.39, 0.29) is 6.04 Å². The van der Waals surface area contributed by atoms with Gasteiger partial charge in [0.1, 0.15) is 11.6 Å². The molecule has 7 heteroatoms. The van der Waals surface area contributed by atoms with Crippen LogP contribution in [0.1, 0.15) is 48.8 Å². The minimum atomic E-state index is 0.0242. The van der Waals surface area contributed by atoms with Crippen molar-refractivity contribution in [1.82, 2.24) is 15.0 Å². The van der Waals surface area contributed by atoms with Gasteiger partial charge in [-0.1, -0.05) is 12.1 Å². The van der Waals surface area contributed by atoms with Crippen LogP contribution in [-0.4, -0.2) is 29.2 Å². The van der Waals surface area contributed by atoms with Crippen LogP contribution in [0.3, 0.4) is 0 Å². The van der Waals surface area contributed by atoms with E-state index in [2.05, 4.69) is 46.8 Å². The Labute approximate surface area is 199 Å². The molecule has 5 rings (SSSR count). The third-order valence-electron chi connectivity index (χ3n) is 6.10. The zero-order chi connectivity index (χ0) is 23.7. The Kier molecular flexibility index (Phi) is 5.92. The van der Waals surface area contributed by atoms with E-state index in [0.717, 1.165) is 58.0 Å². The maximum absolute atomic E-state index is 5.54. The summed E-state index contributed by atoms with van der Waals surface area (Å²) >= 11 is 0. The molecule has 1 saturated carbocycles. The largest absolute Gasteiger partial charge is 0.493 e. The van der Waals surface area contributed by atoms with Crippen LogP contribution in [0, 0.1) is 6.92 Å². The van der Waals surface area contributed by atoms with Gasteiger partial charge in [0.05, 0.1) is 37.7 Å². The molecule has 4 aromatic rings. The fourth-order valence-corrected chi connectivity index (χ4v) is 3.99. The van der Waals surface area contributed by atoms with Crippen molar-refractivity contribution >= 4 is 28.1 Å². The number of benzene rings is 2. The summed E-state index contributed by atoms with van der Waals surface area (Å²) < 4.78 is 11.0. The summed E-state index contributed by atoms with van der Waals surface area (Å²) in [5.41, 5.74) is 4.96. The Morgan fingerprint density at radius 2 is 1.74 bits per heavy atom. The molecule has 174 valence electrons. The number of methoxy groups -OCH3 is 2. The molecule has 0 saturated heterocycles. The lowest BCUT2D eigenvalue weighted by atomic mass is 10.1. The van der Waals surface area contributed by atoms with Crippen molar-refractivity contribution in [1.29, 1.82) is 0 Å². The van der Waals surface area contributed by atoms with Gasteiger partial charge >= 0.3 is 0 Å². The number of nitrogens with zero attached hydrogens (tertiary/aromatic N) is 3. The molecule has 0 spiro atoms. The minimum absolute atomic E-state index is 0.0242. The first-order valence-corrected chi connectivity index (χ1v) is 11.5. The van der Waals surface area contributed by atoms with Crippen molar-refractivity contribution in [2.24, 2.45) is 0 Å². The van der Waals surface area contributed by atoms with Gasteiger partial charge in [-0.2, -0.15) is 0 Å². The number of anilines is 3. The van der Waals surface area contributed by atoms with Gasteiger partial charge in [0.2, 0.25) is 0 Å². The Balaban J connectivity index is 1.45. The highest BCUT2D eigenvalue weighted by atomic mass is 16.5. The number of ether oxygens (including phenoxy) is 2. The SMILES string of the molecule is COc1cc2nc(C3CC3)nc(NC(C)c3cccc(Nc4ccc(C)nc4)c3)c2cc1OC. The van der Waals surface area contributed by atoms with E-state index >= 15 is 0 Å². The Hall–Kier alpha value is -3.87. The van der Waals surface area contributed by atoms with Crippen LogP contribution in [0.25, 0.3) is 10.9 Å². The van der Waals surface area contributed by atoms with Crippen LogP contribution in [0.15, 0.2) is 54.7 Å². The summed E-state index contributed by atoms with van der Waals surface area (Å²) in [6.07, 6.45) is 4.11. The number of rotatable bonds is 8. The zero-order valence-electron chi connectivity index (χ0n) is 19.9. The van der Waals surface area contributed by atoms with Crippen LogP contribution in [0.4, 0.5) is 17.2 Å². The third kappa shape index (κ3) is 4.59. The smallest absolute Gasteiger partial charge is 0.162 e. The molecule has 0 aliphatic heterocycles. The highest BCUT2D eigenvalue weighted by Crippen LogP contribution is 2.41. The van der Waals surface area contributed by atoms with Crippen LogP contribution in [0.2, 0.25) is 0 Å². The van der Waals surface area contributed by atoms with E-state index in [1.807, 2.05) is 37.4 Å². The molecule has 2 heterocycles. The first kappa shape index (κ1) is 21.9. The predicted octanol–water partition coefficient (Wildman–Crippen LogP) is 6.14. The molecule has 34 heavy (non-hydrogen) atoms. The van der Waals surface area contributed by atoms with Gasteiger partial charge in [0.25, 0.3) is 0 Å². The van der Waals surface area contributed by atoms with E-state index in [9.17, 15) is 0 Å². The highest BCUT2D eigenvalue weighted by Gasteiger charge is 2.28. The van der Waals surface area contributed by atoms with Gasteiger partial charge in [0, 0.05) is 28.8 Å². The van der Waals surface area contributed by atoms with Crippen LogP contribution in [-0.2, 0) is 0 Å². The first-order valence-electron chi connectivity index (χ1n) is 11.5. The van der Waals surface area contributed by atoms with Crippen molar-refractivity contribution < 1.29 is 9.47 Å². The fourth-order valence-electron chi connectivity index (χ4n) is 3.99. The standard InChI is InChI=1S/C27H29N5O2/c1-16-8-11-21(15-28-16)30-20-7-5-6-19(12-20)17(2)29-27-22-13-24(33-3)25(34-4)14-23(22)31-26(32-27)18-9-10-18/h5-8,11-15,17-18,30H,9-10H2,1-4H3,(H,29,31,32). The number of aryl methyl sites for hydroxylation is 1. The molecular formula is C27H29N5O2. The van der Waals surface area contributed by atoms with Gasteiger partial charge in [-0.05, 0) is 62.6 Å². The van der Waals surface area contributed by atoms with E-state index in [4.69, 9.17) is 19.4 Å². The summed E-state index contributed by atoms with van der Waals surface area (Å²) in [5.74, 6) is 3.45. The highest BCUT2D eigenvalue weighted by molar-refractivity contribution is 5.92. The minimum Gasteiger partial charge on any atom is -0.493 e. The van der Waals surface area contributed by atoms with Gasteiger partial charge in [0.15, 0.2) is 11.5 Å². The lowest BCUT2D eigenvalue weighted by Crippen LogP contribution is -2.10. The quantitative estimate of drug-likeness (QED) is 0.330. The summed E-state index contributed by atoms with van der Waals surface area (Å²) in [5, 5.41) is 7.97. The van der Waals surface area contributed by atoms with E-state index in [1.54, 1.807) is 14.2 Å². The van der Waals surface area contributed by atoms with Crippen LogP contribution < -0.4 is 20.1 Å². The Morgan fingerprint density at radius 3 is 2.44 bits per heavy atom. The van der Waals surface area contributed by atoms with Crippen molar-refractivity contribution in [3.63, 3.8) is 0 Å². The maximum Gasteiger partial charge on any atom is 0.162 e. The maximum atomic E-state index is 5.54. The molecule has 2 aromatic carbocycles. The molecule has 0 amide bonds. The number of hydrogen-bond acceptors (Lipinski definition) is 7. The molecule has 2 N–H and O–H groups in total. The summed E-state index contributed by atoms with van der Waals surface area (Å²) in [6, 6.07) is 16.3. The predicted molar refractivity (Wildman–Crippen MR) is 135 cm³/mol. The van der Waals surface area contributed by atoms with Crippen LogP contribution in [0.5, 0.6) is 11.5 Å². The second kappa shape index (κ2) is 9.17. The number of fused-ring (bicyclic) bond motifs is 1. The van der Waals surface area contributed by atoms with E-state index < -0.39 is 0 Å². The first-order chi connectivity index (χ1) is 16.5. The number of pyridine rings is 1. The zero-order valence-corrected chi connectivity index (χ0v) is 19.9. The summed E-state index contributed by atoms with van der Waals surface area (Å²) in [6.45, 7) is 4.12. The molecule has 0 radical (unpaired) electrons. The van der Waals surface area contributed by atoms with Gasteiger partial charge in [-0.15, -0.1) is 0 Å². The van der Waals surface area contributed by atoms with Crippen LogP contribution >= 0.6 is 0 Å². The summed E-state index contributed by atoms with van der Waals surface area (Å²) in [7, 11) is 3.28. The topological polar surface area (TPSA) is 81.2 Å². The van der Waals surface area contributed by atoms with E-state index in [1.165, 1.54) is 0 Å². The van der Waals surface area contributed by atoms with Crippen molar-refractivity contribution in [2.75, 3.05) is 24.9 Å². The lowest BCUT2D eigenvalue weighted by Gasteiger charge is -2.19. The second-order valence-corrected chi connectivity index (χ2v) is 8.73. The normalized spacial score (nSPS) is 14.0. The Morgan fingerprint density at radius 1 is 0.941 bits per heavy atom. The molecule has 1 aliphatic carbocycles. The second-order valence-electron chi connectivity index (χ2n) is 8.73. The molecule has 1 atom stereocenters. The van der Waals surface area contributed by atoms with Crippen molar-refractivity contribution in [3.8, 4) is 11.5 Å². The molecule has 1 unspecified atom stereocenters. The monoisotopic (exact) mass is 455 g/mol. The Bertz CT molecular complexity index is 1320. The van der Waals surface area contributed by atoms with Gasteiger partial charge < -0.3 is 20.1 Å². The van der Waals surface area contributed by atoms with Crippen molar-refractivity contribution in [2.45, 2.75) is 38.6 Å². The van der Waals surface area contributed by atoms with E-state index in [0.29, 0.717) is 17.4 Å². The molecule has 1 fully saturated rings. The fraction of sp³-hybridized carbons (Fsp3) is 0.296. The molecule has 7 nitrogen and oxygen atoms in total. The summed E-state index contributed by atoms with van der Waals surface area (Å²) in [4.78, 5) is 14.1. The van der Waals surface area contributed by atoms with Gasteiger partial charge in [-0.25, -0.2) is 9.97 Å². The number of nitrogens with one attached hydrogen (secondary N) is 2.